The number of benzene rings is 9. The van der Waals surface area contributed by atoms with Gasteiger partial charge in [-0.05, 0) is 53.6 Å². The minimum Gasteiger partial charge on any atom is -0.309 e. The van der Waals surface area contributed by atoms with Crippen molar-refractivity contribution >= 4 is 43.6 Å². The van der Waals surface area contributed by atoms with Crippen molar-refractivity contribution in [3.05, 3.63) is 231 Å². The largest absolute Gasteiger partial charge is 0.309 e. The maximum absolute atomic E-state index is 5.31. The molecule has 318 valence electrons. The van der Waals surface area contributed by atoms with E-state index in [9.17, 15) is 0 Å². The lowest BCUT2D eigenvalue weighted by Crippen LogP contribution is -2.06. The Morgan fingerprint density at radius 2 is 0.603 bits per heavy atom. The second-order valence-electron chi connectivity index (χ2n) is 16.7. The van der Waals surface area contributed by atoms with Crippen LogP contribution in [0.3, 0.4) is 0 Å². The fourth-order valence-corrected chi connectivity index (χ4v) is 9.51. The Morgan fingerprint density at radius 3 is 1.15 bits per heavy atom. The van der Waals surface area contributed by atoms with E-state index in [4.69, 9.17) is 29.9 Å². The molecular weight excluding hydrogens is 833 g/mol. The standard InChI is InChI=1S/C60H38N8/c1-5-19-39(20-6-1)43-27-17-28-44(37-43)59-64-57(42-25-11-4-12-26-42)65-60(66-59)68-50-34-16-14-32-48(50)54-52(68)36-35-51-53(54)47-31-13-15-33-49(47)67(51)46-30-18-29-45(38-46)58-62-55(40-21-7-2-8-22-40)61-56(63-58)41-23-9-3-10-24-41/h1-38H. The molecule has 0 spiro atoms. The summed E-state index contributed by atoms with van der Waals surface area (Å²) in [6.45, 7) is 0. The van der Waals surface area contributed by atoms with Gasteiger partial charge in [0.15, 0.2) is 29.1 Å². The highest BCUT2D eigenvalue weighted by Crippen LogP contribution is 2.43. The molecule has 13 aromatic rings. The van der Waals surface area contributed by atoms with Gasteiger partial charge < -0.3 is 4.57 Å². The van der Waals surface area contributed by atoms with E-state index in [1.807, 2.05) is 97.1 Å². The summed E-state index contributed by atoms with van der Waals surface area (Å²) in [5.41, 5.74) is 11.9. The predicted molar refractivity (Wildman–Crippen MR) is 275 cm³/mol. The van der Waals surface area contributed by atoms with Gasteiger partial charge in [-0.25, -0.2) is 19.9 Å². The molecule has 68 heavy (non-hydrogen) atoms. The van der Waals surface area contributed by atoms with Gasteiger partial charge in [0.05, 0.1) is 22.1 Å². The molecule has 0 bridgehead atoms. The summed E-state index contributed by atoms with van der Waals surface area (Å²) < 4.78 is 4.55. The van der Waals surface area contributed by atoms with Crippen molar-refractivity contribution in [3.8, 4) is 79.7 Å². The lowest BCUT2D eigenvalue weighted by molar-refractivity contribution is 0.953. The molecular formula is C60H38N8. The second-order valence-corrected chi connectivity index (χ2v) is 16.7. The van der Waals surface area contributed by atoms with Gasteiger partial charge in [-0.1, -0.05) is 188 Å². The van der Waals surface area contributed by atoms with Crippen LogP contribution in [0.4, 0.5) is 0 Å². The Morgan fingerprint density at radius 1 is 0.235 bits per heavy atom. The Kier molecular flexibility index (Phi) is 9.31. The highest BCUT2D eigenvalue weighted by Gasteiger charge is 2.23. The lowest BCUT2D eigenvalue weighted by atomic mass is 10.0. The first-order chi connectivity index (χ1) is 33.7. The summed E-state index contributed by atoms with van der Waals surface area (Å²) in [4.78, 5) is 30.8. The van der Waals surface area contributed by atoms with Crippen LogP contribution in [-0.2, 0) is 0 Å². The molecule has 0 aliphatic heterocycles. The number of hydrogen-bond donors (Lipinski definition) is 0. The quantitative estimate of drug-likeness (QED) is 0.151. The normalized spacial score (nSPS) is 11.5. The van der Waals surface area contributed by atoms with E-state index in [1.54, 1.807) is 0 Å². The molecule has 0 aliphatic rings. The molecule has 8 heteroatoms. The minimum atomic E-state index is 0.544. The highest BCUT2D eigenvalue weighted by molar-refractivity contribution is 6.28. The number of fused-ring (bicyclic) bond motifs is 7. The van der Waals surface area contributed by atoms with Gasteiger partial charge in [-0.15, -0.1) is 0 Å². The van der Waals surface area contributed by atoms with Gasteiger partial charge in [0.2, 0.25) is 5.95 Å². The fourth-order valence-electron chi connectivity index (χ4n) is 9.51. The van der Waals surface area contributed by atoms with Crippen LogP contribution in [0.25, 0.3) is 123 Å². The average molecular weight is 871 g/mol. The Hall–Kier alpha value is -9.40. The van der Waals surface area contributed by atoms with Crippen LogP contribution >= 0.6 is 0 Å². The second kappa shape index (κ2) is 16.2. The van der Waals surface area contributed by atoms with Gasteiger partial charge >= 0.3 is 0 Å². The summed E-state index contributed by atoms with van der Waals surface area (Å²) in [5.74, 6) is 3.59. The van der Waals surface area contributed by atoms with Crippen LogP contribution < -0.4 is 0 Å². The van der Waals surface area contributed by atoms with Crippen LogP contribution in [0.5, 0.6) is 0 Å². The van der Waals surface area contributed by atoms with Gasteiger partial charge in [0, 0.05) is 55.0 Å². The number of hydrogen-bond acceptors (Lipinski definition) is 6. The molecule has 0 radical (unpaired) electrons. The molecule has 0 aliphatic carbocycles. The molecule has 9 aromatic carbocycles. The molecule has 8 nitrogen and oxygen atoms in total. The highest BCUT2D eigenvalue weighted by atomic mass is 15.2. The maximum atomic E-state index is 5.31. The number of para-hydroxylation sites is 2. The fraction of sp³-hybridized carbons (Fsp3) is 0. The van der Waals surface area contributed by atoms with Crippen molar-refractivity contribution in [2.24, 2.45) is 0 Å². The molecule has 0 fully saturated rings. The van der Waals surface area contributed by atoms with Crippen molar-refractivity contribution in [3.63, 3.8) is 0 Å². The van der Waals surface area contributed by atoms with E-state index in [2.05, 4.69) is 143 Å². The van der Waals surface area contributed by atoms with Crippen molar-refractivity contribution < 1.29 is 0 Å². The summed E-state index contributed by atoms with van der Waals surface area (Å²) in [5, 5.41) is 4.50. The van der Waals surface area contributed by atoms with E-state index in [0.29, 0.717) is 35.1 Å². The topological polar surface area (TPSA) is 87.2 Å². The number of rotatable bonds is 8. The Labute approximate surface area is 391 Å². The Balaban J connectivity index is 1.02. The first-order valence-corrected chi connectivity index (χ1v) is 22.6. The molecule has 0 unspecified atom stereocenters. The minimum absolute atomic E-state index is 0.544. The number of aromatic nitrogens is 8. The van der Waals surface area contributed by atoms with E-state index in [0.717, 1.165) is 88.2 Å². The first-order valence-electron chi connectivity index (χ1n) is 22.6. The van der Waals surface area contributed by atoms with Gasteiger partial charge in [-0.2, -0.15) is 9.97 Å². The summed E-state index contributed by atoms with van der Waals surface area (Å²) >= 11 is 0. The van der Waals surface area contributed by atoms with Crippen LogP contribution in [0.1, 0.15) is 0 Å². The summed E-state index contributed by atoms with van der Waals surface area (Å²) in [6.07, 6.45) is 0. The molecule has 0 saturated carbocycles. The van der Waals surface area contributed by atoms with E-state index < -0.39 is 0 Å². The van der Waals surface area contributed by atoms with E-state index >= 15 is 0 Å². The van der Waals surface area contributed by atoms with Gasteiger partial charge in [-0.3, -0.25) is 4.57 Å². The van der Waals surface area contributed by atoms with Crippen LogP contribution in [-0.4, -0.2) is 39.0 Å². The molecule has 4 aromatic heterocycles. The molecule has 13 rings (SSSR count). The molecule has 0 amide bonds. The zero-order valence-electron chi connectivity index (χ0n) is 36.5. The Bertz CT molecular complexity index is 3960. The monoisotopic (exact) mass is 870 g/mol. The average Bonchev–Trinajstić information content (AvgIpc) is 3.95. The third-order valence-corrected chi connectivity index (χ3v) is 12.6. The van der Waals surface area contributed by atoms with Crippen LogP contribution in [0, 0.1) is 0 Å². The first kappa shape index (κ1) is 39.0. The van der Waals surface area contributed by atoms with Gasteiger partial charge in [0.25, 0.3) is 0 Å². The third-order valence-electron chi connectivity index (χ3n) is 12.6. The smallest absolute Gasteiger partial charge is 0.238 e. The SMILES string of the molecule is c1ccc(-c2cccc(-c3nc(-c4ccccc4)nc(-n4c5ccccc5c5c6c7ccccc7n(-c7cccc(-c8nc(-c9ccccc9)nc(-c9ccccc9)n8)c7)c6ccc54)n3)c2)cc1. The van der Waals surface area contributed by atoms with Crippen molar-refractivity contribution in [2.75, 3.05) is 0 Å². The lowest BCUT2D eigenvalue weighted by Gasteiger charge is -2.12. The zero-order chi connectivity index (χ0) is 45.0. The van der Waals surface area contributed by atoms with Crippen molar-refractivity contribution in [2.45, 2.75) is 0 Å². The maximum Gasteiger partial charge on any atom is 0.238 e. The van der Waals surface area contributed by atoms with Gasteiger partial charge in [0.1, 0.15) is 0 Å². The zero-order valence-corrected chi connectivity index (χ0v) is 36.5. The predicted octanol–water partition coefficient (Wildman–Crippen LogP) is 14.3. The van der Waals surface area contributed by atoms with Crippen molar-refractivity contribution in [1.29, 1.82) is 0 Å². The third kappa shape index (κ3) is 6.70. The van der Waals surface area contributed by atoms with Crippen LogP contribution in [0.2, 0.25) is 0 Å². The molecule has 0 N–H and O–H groups in total. The van der Waals surface area contributed by atoms with Crippen LogP contribution in [0.15, 0.2) is 231 Å². The van der Waals surface area contributed by atoms with E-state index in [-0.39, 0.29) is 0 Å². The van der Waals surface area contributed by atoms with E-state index in [1.165, 1.54) is 0 Å². The summed E-state index contributed by atoms with van der Waals surface area (Å²) in [7, 11) is 0. The molecule has 4 heterocycles. The number of nitrogens with zero attached hydrogens (tertiary/aromatic N) is 8. The van der Waals surface area contributed by atoms with Crippen molar-refractivity contribution in [1.82, 2.24) is 39.0 Å². The molecule has 0 saturated heterocycles. The summed E-state index contributed by atoms with van der Waals surface area (Å²) in [6, 6.07) is 79.3. The molecule has 0 atom stereocenters.